The van der Waals surface area contributed by atoms with Gasteiger partial charge in [0, 0.05) is 19.6 Å². The molecule has 1 aliphatic heterocycles. The number of halogens is 1. The minimum Gasteiger partial charge on any atom is -0.385 e. The van der Waals surface area contributed by atoms with E-state index in [0.29, 0.717) is 12.8 Å². The van der Waals surface area contributed by atoms with Crippen LogP contribution in [0.3, 0.4) is 0 Å². The second-order valence-corrected chi connectivity index (χ2v) is 6.25. The van der Waals surface area contributed by atoms with Crippen molar-refractivity contribution < 1.29 is 9.50 Å². The number of aliphatic hydroxyl groups is 1. The Morgan fingerprint density at radius 2 is 1.77 bits per heavy atom. The summed E-state index contributed by atoms with van der Waals surface area (Å²) in [4.78, 5) is 2.35. The fourth-order valence-electron chi connectivity index (χ4n) is 3.29. The van der Waals surface area contributed by atoms with E-state index in [-0.39, 0.29) is 5.82 Å². The molecule has 0 radical (unpaired) electrons. The first-order chi connectivity index (χ1) is 10.6. The van der Waals surface area contributed by atoms with Crippen molar-refractivity contribution in [3.05, 3.63) is 71.0 Å². The molecule has 0 bridgehead atoms. The first-order valence-corrected chi connectivity index (χ1v) is 7.82. The molecule has 0 unspecified atom stereocenters. The molecule has 0 spiro atoms. The molecule has 116 valence electrons. The van der Waals surface area contributed by atoms with Gasteiger partial charge in [0.25, 0.3) is 0 Å². The lowest BCUT2D eigenvalue weighted by Gasteiger charge is -2.39. The maximum atomic E-state index is 13.5. The van der Waals surface area contributed by atoms with Gasteiger partial charge in [-0.3, -0.25) is 4.90 Å². The van der Waals surface area contributed by atoms with Crippen molar-refractivity contribution in [1.82, 2.24) is 4.90 Å². The number of nitrogens with zero attached hydrogens (tertiary/aromatic N) is 1. The van der Waals surface area contributed by atoms with Gasteiger partial charge in [-0.1, -0.05) is 36.4 Å². The number of benzene rings is 2. The lowest BCUT2D eigenvalue weighted by atomic mass is 9.82. The van der Waals surface area contributed by atoms with Gasteiger partial charge < -0.3 is 5.11 Å². The highest BCUT2D eigenvalue weighted by molar-refractivity contribution is 5.32. The van der Waals surface area contributed by atoms with E-state index in [1.807, 2.05) is 25.1 Å². The summed E-state index contributed by atoms with van der Waals surface area (Å²) in [5, 5.41) is 10.9. The zero-order valence-corrected chi connectivity index (χ0v) is 12.9. The van der Waals surface area contributed by atoms with Crippen LogP contribution in [0.1, 0.15) is 29.5 Å². The van der Waals surface area contributed by atoms with Gasteiger partial charge >= 0.3 is 0 Å². The Morgan fingerprint density at radius 3 is 2.45 bits per heavy atom. The van der Waals surface area contributed by atoms with Crippen LogP contribution in [-0.2, 0) is 12.1 Å². The summed E-state index contributed by atoms with van der Waals surface area (Å²) in [6, 6.07) is 15.0. The third-order valence-corrected chi connectivity index (χ3v) is 4.63. The van der Waals surface area contributed by atoms with Crippen LogP contribution >= 0.6 is 0 Å². The molecule has 1 N–H and O–H groups in total. The zero-order chi connectivity index (χ0) is 15.6. The maximum Gasteiger partial charge on any atom is 0.123 e. The van der Waals surface area contributed by atoms with Gasteiger partial charge in [0.2, 0.25) is 0 Å². The van der Waals surface area contributed by atoms with Crippen LogP contribution in [0, 0.1) is 12.7 Å². The predicted molar refractivity (Wildman–Crippen MR) is 86.0 cm³/mol. The molecular weight excluding hydrogens is 277 g/mol. The number of piperidine rings is 1. The van der Waals surface area contributed by atoms with Crippen LogP contribution in [-0.4, -0.2) is 23.1 Å². The molecule has 2 aromatic carbocycles. The van der Waals surface area contributed by atoms with Crippen LogP contribution < -0.4 is 0 Å². The molecule has 1 saturated heterocycles. The average Bonchev–Trinajstić information content (AvgIpc) is 2.53. The SMILES string of the molecule is Cc1ccc(F)cc1C1(O)CCN(Cc2ccccc2)CC1. The third kappa shape index (κ3) is 3.21. The summed E-state index contributed by atoms with van der Waals surface area (Å²) >= 11 is 0. The summed E-state index contributed by atoms with van der Waals surface area (Å²) in [7, 11) is 0. The maximum absolute atomic E-state index is 13.5. The minimum atomic E-state index is -0.903. The zero-order valence-electron chi connectivity index (χ0n) is 12.9. The molecule has 0 saturated carbocycles. The largest absolute Gasteiger partial charge is 0.385 e. The molecule has 0 aromatic heterocycles. The van der Waals surface area contributed by atoms with Crippen molar-refractivity contribution in [2.24, 2.45) is 0 Å². The molecule has 2 aromatic rings. The Balaban J connectivity index is 1.69. The Bertz CT molecular complexity index is 633. The average molecular weight is 299 g/mol. The normalized spacial score (nSPS) is 18.3. The van der Waals surface area contributed by atoms with Crippen molar-refractivity contribution in [2.75, 3.05) is 13.1 Å². The van der Waals surface area contributed by atoms with Gasteiger partial charge in [-0.15, -0.1) is 0 Å². The second kappa shape index (κ2) is 6.19. The van der Waals surface area contributed by atoms with Crippen LogP contribution in [0.5, 0.6) is 0 Å². The monoisotopic (exact) mass is 299 g/mol. The van der Waals surface area contributed by atoms with E-state index in [2.05, 4.69) is 17.0 Å². The lowest BCUT2D eigenvalue weighted by Crippen LogP contribution is -2.42. The predicted octanol–water partition coefficient (Wildman–Crippen LogP) is 3.62. The molecular formula is C19H22FNO. The molecule has 1 aliphatic rings. The van der Waals surface area contributed by atoms with E-state index >= 15 is 0 Å². The lowest BCUT2D eigenvalue weighted by molar-refractivity contribution is -0.0284. The van der Waals surface area contributed by atoms with Gasteiger partial charge in [0.15, 0.2) is 0 Å². The van der Waals surface area contributed by atoms with Crippen molar-refractivity contribution in [3.63, 3.8) is 0 Å². The fraction of sp³-hybridized carbons (Fsp3) is 0.368. The number of hydrogen-bond acceptors (Lipinski definition) is 2. The Morgan fingerprint density at radius 1 is 1.09 bits per heavy atom. The van der Waals surface area contributed by atoms with E-state index in [0.717, 1.165) is 30.8 Å². The molecule has 22 heavy (non-hydrogen) atoms. The summed E-state index contributed by atoms with van der Waals surface area (Å²) in [5.74, 6) is -0.277. The van der Waals surface area contributed by atoms with E-state index in [1.165, 1.54) is 17.7 Å². The molecule has 3 heteroatoms. The Hall–Kier alpha value is -1.71. The first kappa shape index (κ1) is 15.2. The number of rotatable bonds is 3. The van der Waals surface area contributed by atoms with Gasteiger partial charge in [-0.25, -0.2) is 4.39 Å². The Kier molecular flexibility index (Phi) is 4.27. The summed E-state index contributed by atoms with van der Waals surface area (Å²) < 4.78 is 13.5. The van der Waals surface area contributed by atoms with Crippen LogP contribution in [0.4, 0.5) is 4.39 Å². The molecule has 1 heterocycles. The van der Waals surface area contributed by atoms with Gasteiger partial charge in [-0.2, -0.15) is 0 Å². The highest BCUT2D eigenvalue weighted by atomic mass is 19.1. The number of aryl methyl sites for hydroxylation is 1. The molecule has 0 aliphatic carbocycles. The first-order valence-electron chi connectivity index (χ1n) is 7.82. The minimum absolute atomic E-state index is 0.277. The van der Waals surface area contributed by atoms with Crippen molar-refractivity contribution in [2.45, 2.75) is 31.9 Å². The topological polar surface area (TPSA) is 23.5 Å². The Labute approximate surface area is 131 Å². The van der Waals surface area contributed by atoms with Gasteiger partial charge in [0.1, 0.15) is 5.82 Å². The quantitative estimate of drug-likeness (QED) is 0.935. The number of likely N-dealkylation sites (tertiary alicyclic amines) is 1. The standard InChI is InChI=1S/C19H22FNO/c1-15-7-8-17(20)13-18(15)19(22)9-11-21(12-10-19)14-16-5-3-2-4-6-16/h2-8,13,22H,9-12,14H2,1H3. The van der Waals surface area contributed by atoms with Crippen LogP contribution in [0.2, 0.25) is 0 Å². The van der Waals surface area contributed by atoms with Crippen molar-refractivity contribution in [1.29, 1.82) is 0 Å². The fourth-order valence-corrected chi connectivity index (χ4v) is 3.29. The van der Waals surface area contributed by atoms with Gasteiger partial charge in [0.05, 0.1) is 5.60 Å². The smallest absolute Gasteiger partial charge is 0.123 e. The summed E-state index contributed by atoms with van der Waals surface area (Å²) in [6.45, 7) is 4.48. The van der Waals surface area contributed by atoms with Crippen LogP contribution in [0.25, 0.3) is 0 Å². The summed E-state index contributed by atoms with van der Waals surface area (Å²) in [5.41, 5.74) is 2.08. The highest BCUT2D eigenvalue weighted by Gasteiger charge is 2.35. The third-order valence-electron chi connectivity index (χ3n) is 4.63. The van der Waals surface area contributed by atoms with Crippen LogP contribution in [0.15, 0.2) is 48.5 Å². The highest BCUT2D eigenvalue weighted by Crippen LogP contribution is 2.35. The molecule has 1 fully saturated rings. The molecule has 0 amide bonds. The van der Waals surface area contributed by atoms with Gasteiger partial charge in [-0.05, 0) is 48.6 Å². The van der Waals surface area contributed by atoms with Crippen molar-refractivity contribution >= 4 is 0 Å². The molecule has 2 nitrogen and oxygen atoms in total. The second-order valence-electron chi connectivity index (χ2n) is 6.25. The van der Waals surface area contributed by atoms with Crippen molar-refractivity contribution in [3.8, 4) is 0 Å². The number of hydrogen-bond donors (Lipinski definition) is 1. The van der Waals surface area contributed by atoms with E-state index in [9.17, 15) is 9.50 Å². The van der Waals surface area contributed by atoms with E-state index < -0.39 is 5.60 Å². The van der Waals surface area contributed by atoms with E-state index in [4.69, 9.17) is 0 Å². The van der Waals surface area contributed by atoms with E-state index in [1.54, 1.807) is 6.07 Å². The molecule has 0 atom stereocenters. The molecule has 3 rings (SSSR count). The summed E-state index contributed by atoms with van der Waals surface area (Å²) in [6.07, 6.45) is 1.29.